The lowest BCUT2D eigenvalue weighted by molar-refractivity contribution is 0.0806. The molecule has 0 unspecified atom stereocenters. The Hall–Kier alpha value is -1.21. The van der Waals surface area contributed by atoms with Gasteiger partial charge in [-0.3, -0.25) is 0 Å². The van der Waals surface area contributed by atoms with Gasteiger partial charge in [-0.2, -0.15) is 0 Å². The Kier molecular flexibility index (Phi) is 6.88. The number of hydrogen-bond donors (Lipinski definition) is 0. The van der Waals surface area contributed by atoms with Crippen LogP contribution in [0.3, 0.4) is 0 Å². The standard InChI is InChI=1S/C13H19BF3O3/c1-11-10-12(4-5-13(11)14(15,16)17)20-9-8-19-7-3-6-18-2/h4-5,10H,3,6-9H2,1-2H3/q-1. The summed E-state index contributed by atoms with van der Waals surface area (Å²) in [7, 11) is 1.62. The fraction of sp³-hybridized carbons (Fsp3) is 0.538. The number of hydrogen-bond acceptors (Lipinski definition) is 3. The predicted octanol–water partition coefficient (Wildman–Crippen LogP) is 2.48. The second-order valence-electron chi connectivity index (χ2n) is 4.40. The molecule has 0 heterocycles. The molecule has 0 saturated heterocycles. The predicted molar refractivity (Wildman–Crippen MR) is 72.7 cm³/mol. The van der Waals surface area contributed by atoms with Crippen LogP contribution in [0.2, 0.25) is 0 Å². The summed E-state index contributed by atoms with van der Waals surface area (Å²) in [5.41, 5.74) is -0.399. The average molecular weight is 291 g/mol. The molecule has 0 aliphatic rings. The molecule has 1 aromatic carbocycles. The van der Waals surface area contributed by atoms with Gasteiger partial charge in [0.2, 0.25) is 0 Å². The molecule has 0 aliphatic carbocycles. The molecule has 0 fully saturated rings. The molecule has 7 heteroatoms. The maximum atomic E-state index is 12.6. The maximum absolute atomic E-state index is 12.6. The number of methoxy groups -OCH3 is 1. The van der Waals surface area contributed by atoms with Crippen LogP contribution >= 0.6 is 0 Å². The minimum absolute atomic E-state index is 0.177. The van der Waals surface area contributed by atoms with Crippen LogP contribution < -0.4 is 10.2 Å². The molecular weight excluding hydrogens is 272 g/mol. The lowest BCUT2D eigenvalue weighted by Crippen LogP contribution is -2.35. The highest BCUT2D eigenvalue weighted by Gasteiger charge is 2.27. The summed E-state index contributed by atoms with van der Waals surface area (Å²) in [4.78, 5) is 0. The normalized spacial score (nSPS) is 11.7. The molecule has 114 valence electrons. The summed E-state index contributed by atoms with van der Waals surface area (Å²) in [5.74, 6) is 0.423. The van der Waals surface area contributed by atoms with Crippen LogP contribution in [0.5, 0.6) is 5.75 Å². The topological polar surface area (TPSA) is 27.7 Å². The van der Waals surface area contributed by atoms with Crippen molar-refractivity contribution in [3.63, 3.8) is 0 Å². The van der Waals surface area contributed by atoms with Crippen LogP contribution in [-0.4, -0.2) is 40.5 Å². The smallest absolute Gasteiger partial charge is 0.491 e. The molecule has 0 atom stereocenters. The van der Waals surface area contributed by atoms with E-state index in [9.17, 15) is 12.9 Å². The Bertz CT molecular complexity index is 410. The lowest BCUT2D eigenvalue weighted by atomic mass is 9.77. The zero-order chi connectivity index (χ0) is 15.0. The van der Waals surface area contributed by atoms with Crippen molar-refractivity contribution >= 4 is 12.4 Å². The molecule has 0 radical (unpaired) electrons. The van der Waals surface area contributed by atoms with Gasteiger partial charge in [0.25, 0.3) is 0 Å². The van der Waals surface area contributed by atoms with Crippen LogP contribution in [0.1, 0.15) is 12.0 Å². The minimum Gasteiger partial charge on any atom is -0.491 e. The minimum atomic E-state index is -4.97. The van der Waals surface area contributed by atoms with Gasteiger partial charge in [0, 0.05) is 20.3 Å². The Morgan fingerprint density at radius 3 is 2.40 bits per heavy atom. The first-order valence-corrected chi connectivity index (χ1v) is 6.45. The second kappa shape index (κ2) is 8.16. The van der Waals surface area contributed by atoms with Gasteiger partial charge < -0.3 is 27.2 Å². The first kappa shape index (κ1) is 16.8. The summed E-state index contributed by atoms with van der Waals surface area (Å²) in [6, 6.07) is 3.79. The fourth-order valence-electron chi connectivity index (χ4n) is 1.73. The van der Waals surface area contributed by atoms with Gasteiger partial charge in [0.1, 0.15) is 12.4 Å². The first-order valence-electron chi connectivity index (χ1n) is 6.45. The molecular formula is C13H19BF3O3-. The molecule has 0 saturated carbocycles. The van der Waals surface area contributed by atoms with Gasteiger partial charge in [-0.15, -0.1) is 5.46 Å². The zero-order valence-corrected chi connectivity index (χ0v) is 11.7. The average Bonchev–Trinajstić information content (AvgIpc) is 2.36. The SMILES string of the molecule is COCCCOCCOc1ccc([B-](F)(F)F)c(C)c1. The lowest BCUT2D eigenvalue weighted by Gasteiger charge is -2.18. The van der Waals surface area contributed by atoms with Crippen molar-refractivity contribution in [2.45, 2.75) is 13.3 Å². The number of benzene rings is 1. The van der Waals surface area contributed by atoms with Crippen molar-refractivity contribution in [2.24, 2.45) is 0 Å². The zero-order valence-electron chi connectivity index (χ0n) is 11.7. The fourth-order valence-corrected chi connectivity index (χ4v) is 1.73. The highest BCUT2D eigenvalue weighted by atomic mass is 19.4. The third kappa shape index (κ3) is 5.84. The summed E-state index contributed by atoms with van der Waals surface area (Å²) in [5, 5.41) is 0. The molecule has 20 heavy (non-hydrogen) atoms. The van der Waals surface area contributed by atoms with Gasteiger partial charge in [0.05, 0.1) is 6.61 Å². The summed E-state index contributed by atoms with van der Waals surface area (Å²) < 4.78 is 53.4. The Balaban J connectivity index is 2.33. The molecule has 0 N–H and O–H groups in total. The van der Waals surface area contributed by atoms with Crippen LogP contribution in [0.25, 0.3) is 0 Å². The first-order chi connectivity index (χ1) is 9.45. The summed E-state index contributed by atoms with van der Waals surface area (Å²) in [6.45, 7) is -1.62. The van der Waals surface area contributed by atoms with Gasteiger partial charge in [-0.1, -0.05) is 11.6 Å². The van der Waals surface area contributed by atoms with Gasteiger partial charge in [-0.05, 0) is 25.5 Å². The number of rotatable bonds is 9. The summed E-state index contributed by atoms with van der Waals surface area (Å²) >= 11 is 0. The quantitative estimate of drug-likeness (QED) is 0.517. The van der Waals surface area contributed by atoms with Crippen molar-refractivity contribution in [3.8, 4) is 5.75 Å². The highest BCUT2D eigenvalue weighted by Crippen LogP contribution is 2.17. The van der Waals surface area contributed by atoms with Crippen LogP contribution in [0.15, 0.2) is 18.2 Å². The second-order valence-corrected chi connectivity index (χ2v) is 4.40. The third-order valence-electron chi connectivity index (χ3n) is 2.73. The van der Waals surface area contributed by atoms with E-state index < -0.39 is 12.4 Å². The molecule has 1 aromatic rings. The molecule has 3 nitrogen and oxygen atoms in total. The van der Waals surface area contributed by atoms with E-state index in [1.807, 2.05) is 0 Å². The number of aryl methyl sites for hydroxylation is 1. The van der Waals surface area contributed by atoms with Gasteiger partial charge >= 0.3 is 6.98 Å². The van der Waals surface area contributed by atoms with E-state index in [1.54, 1.807) is 7.11 Å². The molecule has 0 aromatic heterocycles. The van der Waals surface area contributed by atoms with Gasteiger partial charge in [-0.25, -0.2) is 0 Å². The molecule has 1 rings (SSSR count). The molecule has 0 aliphatic heterocycles. The monoisotopic (exact) mass is 291 g/mol. The van der Waals surface area contributed by atoms with E-state index in [0.29, 0.717) is 32.2 Å². The van der Waals surface area contributed by atoms with Crippen molar-refractivity contribution in [3.05, 3.63) is 23.8 Å². The van der Waals surface area contributed by atoms with Crippen LogP contribution in [0, 0.1) is 6.92 Å². The van der Waals surface area contributed by atoms with Gasteiger partial charge in [0.15, 0.2) is 0 Å². The highest BCUT2D eigenvalue weighted by molar-refractivity contribution is 6.74. The number of ether oxygens (including phenoxy) is 3. The van der Waals surface area contributed by atoms with Crippen LogP contribution in [-0.2, 0) is 9.47 Å². The Morgan fingerprint density at radius 2 is 1.80 bits per heavy atom. The van der Waals surface area contributed by atoms with E-state index in [-0.39, 0.29) is 5.56 Å². The molecule has 0 bridgehead atoms. The van der Waals surface area contributed by atoms with E-state index in [0.717, 1.165) is 12.5 Å². The number of halogens is 3. The Morgan fingerprint density at radius 1 is 1.05 bits per heavy atom. The van der Waals surface area contributed by atoms with E-state index >= 15 is 0 Å². The van der Waals surface area contributed by atoms with Crippen LogP contribution in [0.4, 0.5) is 12.9 Å². The summed E-state index contributed by atoms with van der Waals surface area (Å²) in [6.07, 6.45) is 0.804. The van der Waals surface area contributed by atoms with Crippen molar-refractivity contribution in [1.82, 2.24) is 0 Å². The molecule has 0 amide bonds. The largest absolute Gasteiger partial charge is 0.509 e. The molecule has 0 spiro atoms. The van der Waals surface area contributed by atoms with E-state index in [2.05, 4.69) is 0 Å². The van der Waals surface area contributed by atoms with Crippen molar-refractivity contribution < 1.29 is 27.2 Å². The maximum Gasteiger partial charge on any atom is 0.509 e. The van der Waals surface area contributed by atoms with Crippen molar-refractivity contribution in [1.29, 1.82) is 0 Å². The van der Waals surface area contributed by atoms with Crippen molar-refractivity contribution in [2.75, 3.05) is 33.5 Å². The van der Waals surface area contributed by atoms with E-state index in [1.165, 1.54) is 19.1 Å². The van der Waals surface area contributed by atoms with E-state index in [4.69, 9.17) is 14.2 Å². The third-order valence-corrected chi connectivity index (χ3v) is 2.73. The Labute approximate surface area is 117 Å².